The van der Waals surface area contributed by atoms with Crippen molar-refractivity contribution in [2.24, 2.45) is 0 Å². The fourth-order valence-electron chi connectivity index (χ4n) is 1.14. The zero-order valence-corrected chi connectivity index (χ0v) is 5.97. The number of β-amino-alcohol motifs (C(OH)–C–C–N with tert-alkyl or cyclic N) is 1. The molecule has 1 saturated heterocycles. The molecule has 0 radical (unpaired) electrons. The van der Waals surface area contributed by atoms with Crippen LogP contribution in [0.25, 0.3) is 0 Å². The molecule has 66 valence electrons. The number of rotatable bonds is 2. The molecule has 1 aliphatic rings. The third-order valence-corrected chi connectivity index (χ3v) is 1.93. The zero-order chi connectivity index (χ0) is 9.14. The molecule has 1 fully saturated rings. The Labute approximate surface area is 65.8 Å². The second-order valence-electron chi connectivity index (χ2n) is 2.73. The minimum atomic E-state index is -1.16. The van der Waals surface area contributed by atoms with Crippen LogP contribution in [0.15, 0.2) is 0 Å². The van der Waals surface area contributed by atoms with E-state index in [4.69, 9.17) is 6.54 Å². The summed E-state index contributed by atoms with van der Waals surface area (Å²) in [5.74, 6) is 0. The topological polar surface area (TPSA) is 93.0 Å². The Morgan fingerprint density at radius 3 is 2.73 bits per heavy atom. The molecule has 0 amide bonds. The molecule has 0 aliphatic carbocycles. The summed E-state index contributed by atoms with van der Waals surface area (Å²) in [5.41, 5.74) is 0. The Morgan fingerprint density at radius 2 is 2.09 bits per heavy atom. The summed E-state index contributed by atoms with van der Waals surface area (Å²) in [6, 6.07) is -0.485. The van der Waals surface area contributed by atoms with Gasteiger partial charge in [0, 0.05) is 6.54 Å². The first kappa shape index (κ1) is 7.45. The minimum Gasteiger partial charge on any atom is -0.395 e. The third-order valence-electron chi connectivity index (χ3n) is 1.93. The van der Waals surface area contributed by atoms with E-state index in [0.29, 0.717) is 0 Å². The number of piperidine rings is 1. The average Bonchev–Trinajstić information content (AvgIpc) is 2.07. The van der Waals surface area contributed by atoms with Crippen LogP contribution >= 0.6 is 0 Å². The van der Waals surface area contributed by atoms with Gasteiger partial charge in [-0.1, -0.05) is 0 Å². The zero-order valence-electron chi connectivity index (χ0n) is 6.97. The van der Waals surface area contributed by atoms with E-state index in [1.807, 2.05) is 0 Å². The highest BCUT2D eigenvalue weighted by atomic mass is 16.4. The molecule has 11 heavy (non-hydrogen) atoms. The summed E-state index contributed by atoms with van der Waals surface area (Å²) in [4.78, 5) is 0. The van der Waals surface area contributed by atoms with Crippen LogP contribution in [0.1, 0.15) is 0 Å². The standard InChI is InChI=1S/C6H13NO4/c8-2-3-5(10)6(11)4(9)1-7-3/h3-11H,1-2H2/t3-,4+,5-,6-/m1/s1/i8D. The van der Waals surface area contributed by atoms with Crippen LogP contribution in [0.3, 0.4) is 0 Å². The molecule has 0 bridgehead atoms. The van der Waals surface area contributed by atoms with Gasteiger partial charge in [-0.2, -0.15) is 0 Å². The van der Waals surface area contributed by atoms with Crippen LogP contribution in [-0.2, 0) is 0 Å². The van der Waals surface area contributed by atoms with Gasteiger partial charge in [0.1, 0.15) is 6.10 Å². The molecule has 0 aromatic carbocycles. The van der Waals surface area contributed by atoms with Crippen LogP contribution in [0.4, 0.5) is 0 Å². The third kappa shape index (κ3) is 1.69. The van der Waals surface area contributed by atoms with Crippen molar-refractivity contribution in [3.8, 4) is 0 Å². The molecule has 1 aliphatic heterocycles. The molecule has 5 N–H and O–H groups in total. The van der Waals surface area contributed by atoms with Crippen molar-refractivity contribution in [1.82, 2.24) is 5.32 Å². The molecule has 0 aromatic rings. The van der Waals surface area contributed by atoms with Crippen molar-refractivity contribution in [3.05, 3.63) is 0 Å². The molecular weight excluding hydrogens is 150 g/mol. The fourth-order valence-corrected chi connectivity index (χ4v) is 1.14. The molecule has 0 aromatic heterocycles. The smallest absolute Gasteiger partial charge is 0.210 e. The Balaban J connectivity index is 2.46. The highest BCUT2D eigenvalue weighted by molar-refractivity contribution is 4.91. The van der Waals surface area contributed by atoms with E-state index in [1.54, 1.807) is 0 Å². The lowest BCUT2D eigenvalue weighted by Crippen LogP contribution is -2.60. The minimum absolute atomic E-state index is 0.00898. The number of nitrogens with one attached hydrogen (secondary N) is 1. The Morgan fingerprint density at radius 1 is 1.36 bits per heavy atom. The van der Waals surface area contributed by atoms with Crippen LogP contribution in [-0.4, -0.2) is 59.4 Å². The molecule has 1 heterocycles. The van der Waals surface area contributed by atoms with Gasteiger partial charge in [-0.05, 0) is 0 Å². The lowest BCUT2D eigenvalue weighted by molar-refractivity contribution is -0.101. The van der Waals surface area contributed by atoms with Crippen molar-refractivity contribution in [1.29, 1.82) is 1.43 Å². The molecule has 5 nitrogen and oxygen atoms in total. The monoisotopic (exact) mass is 164 g/mol. The Kier molecular flexibility index (Phi) is 2.35. The van der Waals surface area contributed by atoms with Gasteiger partial charge in [0.15, 0.2) is 0 Å². The number of hydrogen-bond donors (Lipinski definition) is 5. The lowest BCUT2D eigenvalue weighted by atomic mass is 9.97. The van der Waals surface area contributed by atoms with Gasteiger partial charge in [-0.25, -0.2) is 0 Å². The highest BCUT2D eigenvalue weighted by Gasteiger charge is 2.35. The van der Waals surface area contributed by atoms with Crippen LogP contribution in [0.5, 0.6) is 0 Å². The van der Waals surface area contributed by atoms with Gasteiger partial charge >= 0.3 is 0 Å². The number of aliphatic hydroxyl groups is 4. The Bertz CT molecular complexity index is 148. The Hall–Kier alpha value is -0.200. The normalized spacial score (nSPS) is 47.0. The largest absolute Gasteiger partial charge is 0.395 e. The van der Waals surface area contributed by atoms with E-state index in [0.717, 1.165) is 0 Å². The highest BCUT2D eigenvalue weighted by Crippen LogP contribution is 2.09. The van der Waals surface area contributed by atoms with Gasteiger partial charge in [0.2, 0.25) is 1.43 Å². The molecule has 0 spiro atoms. The first-order chi connectivity index (χ1) is 5.66. The summed E-state index contributed by atoms with van der Waals surface area (Å²) in [7, 11) is 0. The van der Waals surface area contributed by atoms with Crippen molar-refractivity contribution >= 4 is 0 Å². The summed E-state index contributed by atoms with van der Waals surface area (Å²) < 4.78 is 6.45. The van der Waals surface area contributed by atoms with Crippen LogP contribution < -0.4 is 5.32 Å². The second kappa shape index (κ2) is 3.46. The van der Waals surface area contributed by atoms with E-state index >= 15 is 0 Å². The van der Waals surface area contributed by atoms with E-state index in [9.17, 15) is 10.2 Å². The predicted molar refractivity (Wildman–Crippen MR) is 36.9 cm³/mol. The molecule has 4 atom stereocenters. The molecule has 1 rings (SSSR count). The van der Waals surface area contributed by atoms with Crippen molar-refractivity contribution in [2.75, 3.05) is 13.2 Å². The van der Waals surface area contributed by atoms with E-state index in [1.165, 1.54) is 0 Å². The predicted octanol–water partition coefficient (Wildman–Crippen LogP) is -2.97. The quantitative estimate of drug-likeness (QED) is 0.300. The average molecular weight is 164 g/mol. The van der Waals surface area contributed by atoms with Gasteiger partial charge in [0.05, 0.1) is 24.9 Å². The first-order valence-electron chi connectivity index (χ1n) is 3.93. The maximum absolute atomic E-state index is 9.30. The molecule has 0 saturated carbocycles. The van der Waals surface area contributed by atoms with Crippen LogP contribution in [0, 0.1) is 0 Å². The van der Waals surface area contributed by atoms with E-state index in [-0.39, 0.29) is 13.2 Å². The van der Waals surface area contributed by atoms with Gasteiger partial charge in [-0.3, -0.25) is 0 Å². The van der Waals surface area contributed by atoms with Crippen molar-refractivity contribution < 1.29 is 20.4 Å². The SMILES string of the molecule is [2H]OC[C@H]1NC[C@H](O)[C@@H](O)[C@@H]1O. The molecule has 5 heteroatoms. The van der Waals surface area contributed by atoms with E-state index in [2.05, 4.69) is 10.4 Å². The lowest BCUT2D eigenvalue weighted by Gasteiger charge is -2.34. The number of aliphatic hydroxyl groups excluding tert-OH is 4. The van der Waals surface area contributed by atoms with Gasteiger partial charge in [-0.15, -0.1) is 0 Å². The van der Waals surface area contributed by atoms with Gasteiger partial charge < -0.3 is 25.7 Å². The molecular formula is C6H13NO4. The molecule has 0 unspecified atom stereocenters. The summed E-state index contributed by atoms with van der Waals surface area (Å²) in [5, 5.41) is 34.4. The van der Waals surface area contributed by atoms with Gasteiger partial charge in [0.25, 0.3) is 0 Å². The maximum atomic E-state index is 9.30. The van der Waals surface area contributed by atoms with E-state index < -0.39 is 24.4 Å². The van der Waals surface area contributed by atoms with Crippen molar-refractivity contribution in [2.45, 2.75) is 24.4 Å². The fraction of sp³-hybridized carbons (Fsp3) is 1.00. The summed E-state index contributed by atoms with van der Waals surface area (Å²) in [6.07, 6.45) is -3.20. The first-order valence-corrected chi connectivity index (χ1v) is 3.52. The maximum Gasteiger partial charge on any atom is 0.210 e. The number of hydrogen-bond acceptors (Lipinski definition) is 5. The van der Waals surface area contributed by atoms with Crippen LogP contribution in [0.2, 0.25) is 0 Å². The second-order valence-corrected chi connectivity index (χ2v) is 2.73. The summed E-state index contributed by atoms with van der Waals surface area (Å²) in [6.45, 7) is 0.192. The summed E-state index contributed by atoms with van der Waals surface area (Å²) >= 11 is 0. The van der Waals surface area contributed by atoms with Crippen molar-refractivity contribution in [3.63, 3.8) is 0 Å².